The first-order chi connectivity index (χ1) is 16.6. The number of nitrogens with zero attached hydrogens (tertiary/aromatic N) is 4. The fourth-order valence-corrected chi connectivity index (χ4v) is 5.80. The average Bonchev–Trinajstić information content (AvgIpc) is 3.62. The van der Waals surface area contributed by atoms with E-state index in [0.717, 1.165) is 72.6 Å². The van der Waals surface area contributed by atoms with Crippen LogP contribution in [0.5, 0.6) is 0 Å². The van der Waals surface area contributed by atoms with Gasteiger partial charge < -0.3 is 14.6 Å². The Balaban J connectivity index is 1.07. The van der Waals surface area contributed by atoms with Gasteiger partial charge in [-0.15, -0.1) is 11.3 Å². The summed E-state index contributed by atoms with van der Waals surface area (Å²) in [4.78, 5) is 12.3. The minimum Gasteiger partial charge on any atom is -0.463 e. The Hall–Kier alpha value is -2.13. The first-order valence-corrected chi connectivity index (χ1v) is 13.7. The monoisotopic (exact) mass is 541 g/mol. The van der Waals surface area contributed by atoms with Gasteiger partial charge in [0.2, 0.25) is 0 Å². The Bertz CT molecular complexity index is 1060. The maximum Gasteiger partial charge on any atom is 0.182 e. The summed E-state index contributed by atoms with van der Waals surface area (Å²) in [6.07, 6.45) is 4.22. The van der Waals surface area contributed by atoms with Gasteiger partial charge in [0.25, 0.3) is 0 Å². The maximum atomic E-state index is 5.50. The number of hydrogen-bond acceptors (Lipinski definition) is 7. The lowest BCUT2D eigenvalue weighted by Gasteiger charge is -2.36. The lowest BCUT2D eigenvalue weighted by atomic mass is 10.2. The summed E-state index contributed by atoms with van der Waals surface area (Å²) in [6.45, 7) is 12.2. The number of benzene rings is 1. The lowest BCUT2D eigenvalue weighted by Crippen LogP contribution is -2.44. The van der Waals surface area contributed by atoms with Crippen molar-refractivity contribution in [1.82, 2.24) is 19.7 Å². The summed E-state index contributed by atoms with van der Waals surface area (Å²) in [5.41, 5.74) is 3.51. The Morgan fingerprint density at radius 3 is 2.71 bits per heavy atom. The molecule has 0 aliphatic carbocycles. The van der Waals surface area contributed by atoms with Crippen LogP contribution < -0.4 is 5.32 Å². The number of halogens is 1. The van der Waals surface area contributed by atoms with Crippen molar-refractivity contribution >= 4 is 38.1 Å². The predicted molar refractivity (Wildman–Crippen MR) is 143 cm³/mol. The highest BCUT2D eigenvalue weighted by Gasteiger charge is 2.25. The number of anilines is 1. The molecule has 1 N–H and O–H groups in total. The van der Waals surface area contributed by atoms with Gasteiger partial charge in [-0.05, 0) is 49.2 Å². The molecule has 2 fully saturated rings. The summed E-state index contributed by atoms with van der Waals surface area (Å²) < 4.78 is 6.63. The second-order valence-electron chi connectivity index (χ2n) is 9.11. The summed E-state index contributed by atoms with van der Waals surface area (Å²) in [7, 11) is 0. The van der Waals surface area contributed by atoms with Crippen molar-refractivity contribution in [3.05, 3.63) is 76.1 Å². The molecule has 0 spiro atoms. The highest BCUT2D eigenvalue weighted by atomic mass is 79.9. The molecule has 2 saturated heterocycles. The molecule has 34 heavy (non-hydrogen) atoms. The normalized spacial score (nSPS) is 19.6. The molecule has 0 radical (unpaired) electrons. The van der Waals surface area contributed by atoms with Gasteiger partial charge in [-0.2, -0.15) is 0 Å². The molecule has 6 nitrogen and oxygen atoms in total. The van der Waals surface area contributed by atoms with Gasteiger partial charge in [-0.25, -0.2) is 4.98 Å². The third-order valence-electron chi connectivity index (χ3n) is 6.78. The molecule has 180 valence electrons. The van der Waals surface area contributed by atoms with E-state index in [9.17, 15) is 0 Å². The van der Waals surface area contributed by atoms with Gasteiger partial charge in [0.1, 0.15) is 5.76 Å². The van der Waals surface area contributed by atoms with E-state index in [4.69, 9.17) is 9.40 Å². The zero-order chi connectivity index (χ0) is 23.3. The lowest BCUT2D eigenvalue weighted by molar-refractivity contribution is 0.166. The second kappa shape index (κ2) is 11.1. The molecule has 2 aliphatic rings. The van der Waals surface area contributed by atoms with E-state index in [-0.39, 0.29) is 0 Å². The molecule has 1 atom stereocenters. The van der Waals surface area contributed by atoms with Crippen molar-refractivity contribution in [1.29, 1.82) is 0 Å². The van der Waals surface area contributed by atoms with Crippen LogP contribution in [0.4, 0.5) is 5.13 Å². The van der Waals surface area contributed by atoms with Crippen molar-refractivity contribution in [2.45, 2.75) is 32.0 Å². The van der Waals surface area contributed by atoms with Crippen LogP contribution in [0, 0.1) is 0 Å². The van der Waals surface area contributed by atoms with Crippen LogP contribution in [0.2, 0.25) is 0 Å². The molecule has 3 aromatic rings. The Morgan fingerprint density at radius 2 is 1.94 bits per heavy atom. The minimum atomic E-state index is 0.561. The quantitative estimate of drug-likeness (QED) is 0.393. The fourth-order valence-electron chi connectivity index (χ4n) is 4.83. The van der Waals surface area contributed by atoms with Gasteiger partial charge in [0.15, 0.2) is 5.13 Å². The summed E-state index contributed by atoms with van der Waals surface area (Å²) in [5.74, 6) is 0.862. The Labute approximate surface area is 214 Å². The van der Waals surface area contributed by atoms with Crippen molar-refractivity contribution < 1.29 is 4.42 Å². The van der Waals surface area contributed by atoms with E-state index in [1.807, 2.05) is 12.1 Å². The van der Waals surface area contributed by atoms with Crippen LogP contribution in [-0.4, -0.2) is 65.0 Å². The third-order valence-corrected chi connectivity index (χ3v) is 8.16. The SMILES string of the molecule is C=C(c1ccco1)N1CCN(Cc2csc(NCC3CCCN3Cc3ccc(Br)cc3)n2)CC1. The van der Waals surface area contributed by atoms with Crippen molar-refractivity contribution in [2.75, 3.05) is 44.6 Å². The Kier molecular flexibility index (Phi) is 7.69. The molecule has 0 saturated carbocycles. The number of likely N-dealkylation sites (tertiary alicyclic amines) is 1. The largest absolute Gasteiger partial charge is 0.463 e. The molecule has 1 unspecified atom stereocenters. The van der Waals surface area contributed by atoms with Crippen molar-refractivity contribution in [3.63, 3.8) is 0 Å². The predicted octanol–water partition coefficient (Wildman–Crippen LogP) is 5.36. The molecule has 8 heteroatoms. The zero-order valence-electron chi connectivity index (χ0n) is 19.5. The molecule has 4 heterocycles. The molecule has 0 amide bonds. The van der Waals surface area contributed by atoms with E-state index in [1.165, 1.54) is 24.9 Å². The molecular formula is C26H32BrN5OS. The second-order valence-corrected chi connectivity index (χ2v) is 10.9. The fraction of sp³-hybridized carbons (Fsp3) is 0.423. The van der Waals surface area contributed by atoms with Crippen LogP contribution in [0.3, 0.4) is 0 Å². The highest BCUT2D eigenvalue weighted by Crippen LogP contribution is 2.24. The summed E-state index contributed by atoms with van der Waals surface area (Å²) in [6, 6.07) is 13.1. The first kappa shape index (κ1) is 23.6. The molecule has 0 bridgehead atoms. The van der Waals surface area contributed by atoms with Gasteiger partial charge in [-0.1, -0.05) is 34.6 Å². The first-order valence-electron chi connectivity index (χ1n) is 12.0. The van der Waals surface area contributed by atoms with Crippen LogP contribution in [0.1, 0.15) is 29.9 Å². The highest BCUT2D eigenvalue weighted by molar-refractivity contribution is 9.10. The van der Waals surface area contributed by atoms with E-state index < -0.39 is 0 Å². The topological polar surface area (TPSA) is 47.8 Å². The minimum absolute atomic E-state index is 0.561. The van der Waals surface area contributed by atoms with Gasteiger partial charge in [-0.3, -0.25) is 9.80 Å². The van der Waals surface area contributed by atoms with Crippen LogP contribution in [0.15, 0.2) is 63.5 Å². The van der Waals surface area contributed by atoms with Crippen LogP contribution in [0.25, 0.3) is 5.70 Å². The average molecular weight is 543 g/mol. The number of piperazine rings is 1. The van der Waals surface area contributed by atoms with Crippen LogP contribution in [-0.2, 0) is 13.1 Å². The number of thiazole rings is 1. The van der Waals surface area contributed by atoms with Gasteiger partial charge in [0.05, 0.1) is 17.7 Å². The van der Waals surface area contributed by atoms with E-state index in [0.29, 0.717) is 6.04 Å². The number of rotatable bonds is 9. The maximum absolute atomic E-state index is 5.50. The van der Waals surface area contributed by atoms with Crippen molar-refractivity contribution in [2.24, 2.45) is 0 Å². The number of hydrogen-bond donors (Lipinski definition) is 1. The smallest absolute Gasteiger partial charge is 0.182 e. The molecule has 2 aliphatic heterocycles. The molecule has 2 aromatic heterocycles. The molecule has 1 aromatic carbocycles. The summed E-state index contributed by atoms with van der Waals surface area (Å²) in [5, 5.41) is 6.85. The zero-order valence-corrected chi connectivity index (χ0v) is 21.9. The molecule has 5 rings (SSSR count). The number of aromatic nitrogens is 1. The Morgan fingerprint density at radius 1 is 1.12 bits per heavy atom. The standard InChI is InChI=1S/C26H32BrN5OS/c1-20(25-5-3-15-33-25)31-13-11-30(12-14-31)18-23-19-34-26(29-23)28-16-24-4-2-10-32(24)17-21-6-8-22(27)9-7-21/h3,5-9,15,19,24H,1-2,4,10-14,16-18H2,(H,28,29). The summed E-state index contributed by atoms with van der Waals surface area (Å²) >= 11 is 5.25. The number of furan rings is 1. The van der Waals surface area contributed by atoms with Crippen molar-refractivity contribution in [3.8, 4) is 0 Å². The molecular weight excluding hydrogens is 510 g/mol. The number of nitrogens with one attached hydrogen (secondary N) is 1. The van der Waals surface area contributed by atoms with Gasteiger partial charge in [0, 0.05) is 61.7 Å². The third kappa shape index (κ3) is 5.92. The van der Waals surface area contributed by atoms with E-state index >= 15 is 0 Å². The van der Waals surface area contributed by atoms with E-state index in [1.54, 1.807) is 17.6 Å². The van der Waals surface area contributed by atoms with E-state index in [2.05, 4.69) is 72.2 Å². The van der Waals surface area contributed by atoms with Crippen LogP contribution >= 0.6 is 27.3 Å². The van der Waals surface area contributed by atoms with Gasteiger partial charge >= 0.3 is 0 Å².